The van der Waals surface area contributed by atoms with Crippen molar-refractivity contribution in [3.63, 3.8) is 0 Å². The molecule has 2 saturated heterocycles. The summed E-state index contributed by atoms with van der Waals surface area (Å²) in [7, 11) is 0. The molecule has 2 aliphatic heterocycles. The molecule has 2 aliphatic rings. The fourth-order valence-electron chi connectivity index (χ4n) is 2.10. The summed E-state index contributed by atoms with van der Waals surface area (Å²) >= 11 is 0. The summed E-state index contributed by atoms with van der Waals surface area (Å²) in [6.07, 6.45) is 2.82. The van der Waals surface area contributed by atoms with E-state index in [4.69, 9.17) is 4.74 Å². The molecule has 0 bridgehead atoms. The Morgan fingerprint density at radius 2 is 2.31 bits per heavy atom. The van der Waals surface area contributed by atoms with Crippen molar-refractivity contribution in [1.29, 1.82) is 0 Å². The smallest absolute Gasteiger partial charge is 0.108 e. The maximum Gasteiger partial charge on any atom is 0.108 e. The second-order valence-corrected chi connectivity index (χ2v) is 4.43. The SMILES string of the molecule is CC1CNC(CC2CCNC2)OC1. The molecule has 0 aliphatic carbocycles. The molecule has 0 spiro atoms. The van der Waals surface area contributed by atoms with Gasteiger partial charge in [0.15, 0.2) is 0 Å². The molecule has 0 amide bonds. The van der Waals surface area contributed by atoms with Gasteiger partial charge in [-0.2, -0.15) is 0 Å². The summed E-state index contributed by atoms with van der Waals surface area (Å²) in [4.78, 5) is 0. The Kier molecular flexibility index (Phi) is 3.19. The van der Waals surface area contributed by atoms with E-state index in [9.17, 15) is 0 Å². The van der Waals surface area contributed by atoms with Gasteiger partial charge in [-0.05, 0) is 37.8 Å². The Bertz CT molecular complexity index is 149. The average Bonchev–Trinajstić information content (AvgIpc) is 2.62. The number of ether oxygens (including phenoxy) is 1. The van der Waals surface area contributed by atoms with Gasteiger partial charge in [0.05, 0.1) is 6.61 Å². The van der Waals surface area contributed by atoms with Gasteiger partial charge in [-0.3, -0.25) is 5.32 Å². The standard InChI is InChI=1S/C10H20N2O/c1-8-5-12-10(13-7-8)4-9-2-3-11-6-9/h8-12H,2-7H2,1H3. The zero-order chi connectivity index (χ0) is 9.10. The minimum absolute atomic E-state index is 0.320. The second kappa shape index (κ2) is 4.40. The van der Waals surface area contributed by atoms with Gasteiger partial charge in [-0.25, -0.2) is 0 Å². The molecule has 3 heteroatoms. The highest BCUT2D eigenvalue weighted by atomic mass is 16.5. The van der Waals surface area contributed by atoms with Crippen molar-refractivity contribution in [2.75, 3.05) is 26.2 Å². The summed E-state index contributed by atoms with van der Waals surface area (Å²) in [5, 5.41) is 6.83. The van der Waals surface area contributed by atoms with Crippen molar-refractivity contribution in [2.45, 2.75) is 26.0 Å². The third kappa shape index (κ3) is 2.66. The van der Waals surface area contributed by atoms with E-state index in [0.717, 1.165) is 19.1 Å². The van der Waals surface area contributed by atoms with Crippen molar-refractivity contribution in [3.05, 3.63) is 0 Å². The molecule has 0 aromatic heterocycles. The lowest BCUT2D eigenvalue weighted by Crippen LogP contribution is -2.43. The maximum atomic E-state index is 5.71. The van der Waals surface area contributed by atoms with Crippen LogP contribution in [-0.4, -0.2) is 32.5 Å². The first-order valence-corrected chi connectivity index (χ1v) is 5.40. The van der Waals surface area contributed by atoms with E-state index >= 15 is 0 Å². The number of rotatable bonds is 2. The van der Waals surface area contributed by atoms with Crippen LogP contribution in [0.3, 0.4) is 0 Å². The van der Waals surface area contributed by atoms with Crippen LogP contribution in [0.2, 0.25) is 0 Å². The highest BCUT2D eigenvalue weighted by molar-refractivity contribution is 4.76. The van der Waals surface area contributed by atoms with Gasteiger partial charge in [-0.1, -0.05) is 6.92 Å². The van der Waals surface area contributed by atoms with Gasteiger partial charge < -0.3 is 10.1 Å². The van der Waals surface area contributed by atoms with Crippen LogP contribution in [0.25, 0.3) is 0 Å². The monoisotopic (exact) mass is 184 g/mol. The van der Waals surface area contributed by atoms with Crippen LogP contribution >= 0.6 is 0 Å². The van der Waals surface area contributed by atoms with Gasteiger partial charge >= 0.3 is 0 Å². The minimum Gasteiger partial charge on any atom is -0.363 e. The summed E-state index contributed by atoms with van der Waals surface area (Å²) < 4.78 is 5.71. The molecule has 2 fully saturated rings. The zero-order valence-electron chi connectivity index (χ0n) is 8.38. The van der Waals surface area contributed by atoms with E-state index in [2.05, 4.69) is 17.6 Å². The molecule has 0 aromatic rings. The largest absolute Gasteiger partial charge is 0.363 e. The molecule has 13 heavy (non-hydrogen) atoms. The fourth-order valence-corrected chi connectivity index (χ4v) is 2.10. The Balaban J connectivity index is 1.69. The molecule has 0 aromatic carbocycles. The van der Waals surface area contributed by atoms with Gasteiger partial charge in [0.25, 0.3) is 0 Å². The van der Waals surface area contributed by atoms with Crippen LogP contribution in [0.4, 0.5) is 0 Å². The minimum atomic E-state index is 0.320. The van der Waals surface area contributed by atoms with E-state index in [1.807, 2.05) is 0 Å². The van der Waals surface area contributed by atoms with E-state index in [1.165, 1.54) is 25.9 Å². The molecule has 3 nitrogen and oxygen atoms in total. The zero-order valence-corrected chi connectivity index (χ0v) is 8.38. The molecule has 76 valence electrons. The molecule has 2 heterocycles. The number of hydrogen-bond acceptors (Lipinski definition) is 3. The molecule has 3 unspecified atom stereocenters. The molecule has 3 atom stereocenters. The van der Waals surface area contributed by atoms with E-state index in [-0.39, 0.29) is 0 Å². The van der Waals surface area contributed by atoms with E-state index < -0.39 is 0 Å². The molecular formula is C10H20N2O. The van der Waals surface area contributed by atoms with Crippen molar-refractivity contribution < 1.29 is 4.74 Å². The van der Waals surface area contributed by atoms with Crippen LogP contribution in [0.5, 0.6) is 0 Å². The second-order valence-electron chi connectivity index (χ2n) is 4.43. The van der Waals surface area contributed by atoms with E-state index in [0.29, 0.717) is 12.1 Å². The average molecular weight is 184 g/mol. The van der Waals surface area contributed by atoms with E-state index in [1.54, 1.807) is 0 Å². The molecule has 2 N–H and O–H groups in total. The van der Waals surface area contributed by atoms with Crippen LogP contribution < -0.4 is 10.6 Å². The lowest BCUT2D eigenvalue weighted by atomic mass is 10.0. The highest BCUT2D eigenvalue weighted by Gasteiger charge is 2.23. The Morgan fingerprint density at radius 3 is 2.92 bits per heavy atom. The number of nitrogens with one attached hydrogen (secondary N) is 2. The quantitative estimate of drug-likeness (QED) is 0.658. The van der Waals surface area contributed by atoms with Crippen LogP contribution in [-0.2, 0) is 4.74 Å². The lowest BCUT2D eigenvalue weighted by Gasteiger charge is -2.29. The van der Waals surface area contributed by atoms with Crippen LogP contribution in [0, 0.1) is 11.8 Å². The molecule has 0 saturated carbocycles. The predicted octanol–water partition coefficient (Wildman–Crippen LogP) is 0.568. The predicted molar refractivity (Wildman–Crippen MR) is 52.5 cm³/mol. The topological polar surface area (TPSA) is 33.3 Å². The van der Waals surface area contributed by atoms with Crippen LogP contribution in [0.1, 0.15) is 19.8 Å². The van der Waals surface area contributed by atoms with Gasteiger partial charge in [-0.15, -0.1) is 0 Å². The normalized spacial score (nSPS) is 40.8. The fraction of sp³-hybridized carbons (Fsp3) is 1.00. The van der Waals surface area contributed by atoms with Crippen molar-refractivity contribution >= 4 is 0 Å². The first kappa shape index (κ1) is 9.44. The Labute approximate surface area is 80.2 Å². The summed E-state index contributed by atoms with van der Waals surface area (Å²) in [5.41, 5.74) is 0. The summed E-state index contributed by atoms with van der Waals surface area (Å²) in [6.45, 7) is 6.63. The Hall–Kier alpha value is -0.120. The first-order chi connectivity index (χ1) is 6.34. The molecular weight excluding hydrogens is 164 g/mol. The number of hydrogen-bond donors (Lipinski definition) is 2. The Morgan fingerprint density at radius 1 is 1.38 bits per heavy atom. The molecule has 0 radical (unpaired) electrons. The summed E-state index contributed by atoms with van der Waals surface area (Å²) in [6, 6.07) is 0. The third-order valence-corrected chi connectivity index (χ3v) is 2.99. The lowest BCUT2D eigenvalue weighted by molar-refractivity contribution is -0.0347. The third-order valence-electron chi connectivity index (χ3n) is 2.99. The van der Waals surface area contributed by atoms with Crippen molar-refractivity contribution in [1.82, 2.24) is 10.6 Å². The van der Waals surface area contributed by atoms with Gasteiger partial charge in [0, 0.05) is 6.54 Å². The van der Waals surface area contributed by atoms with Crippen molar-refractivity contribution in [3.8, 4) is 0 Å². The van der Waals surface area contributed by atoms with Gasteiger partial charge in [0.1, 0.15) is 6.23 Å². The maximum absolute atomic E-state index is 5.71. The molecule has 2 rings (SSSR count). The van der Waals surface area contributed by atoms with Crippen molar-refractivity contribution in [2.24, 2.45) is 11.8 Å². The summed E-state index contributed by atoms with van der Waals surface area (Å²) in [5.74, 6) is 1.50. The highest BCUT2D eigenvalue weighted by Crippen LogP contribution is 2.17. The van der Waals surface area contributed by atoms with Crippen LogP contribution in [0.15, 0.2) is 0 Å². The van der Waals surface area contributed by atoms with Gasteiger partial charge in [0.2, 0.25) is 0 Å². The first-order valence-electron chi connectivity index (χ1n) is 5.40.